The number of nitrogens with zero attached hydrogens (tertiary/aromatic N) is 3. The van der Waals surface area contributed by atoms with Crippen molar-refractivity contribution in [2.24, 2.45) is 5.92 Å². The van der Waals surface area contributed by atoms with Crippen LogP contribution in [0.15, 0.2) is 34.7 Å². The minimum atomic E-state index is -3.21. The number of benzene rings is 1. The zero-order valence-electron chi connectivity index (χ0n) is 15.5. The quantitative estimate of drug-likeness (QED) is 0.798. The van der Waals surface area contributed by atoms with Crippen LogP contribution in [0.5, 0.6) is 0 Å². The van der Waals surface area contributed by atoms with E-state index in [-0.39, 0.29) is 11.8 Å². The molecule has 1 aliphatic heterocycles. The molecule has 1 aliphatic rings. The molecule has 1 aromatic heterocycles. The first-order valence-corrected chi connectivity index (χ1v) is 10.8. The van der Waals surface area contributed by atoms with Crippen LogP contribution in [0.3, 0.4) is 0 Å². The number of rotatable bonds is 6. The van der Waals surface area contributed by atoms with Gasteiger partial charge in [-0.25, -0.2) is 12.7 Å². The molecule has 0 aliphatic carbocycles. The number of nitrogens with one attached hydrogen (secondary N) is 1. The summed E-state index contributed by atoms with van der Waals surface area (Å²) in [6.45, 7) is 2.43. The number of amides is 1. The van der Waals surface area contributed by atoms with Crippen molar-refractivity contribution in [2.75, 3.05) is 19.3 Å². The van der Waals surface area contributed by atoms with E-state index >= 15 is 0 Å². The minimum absolute atomic E-state index is 0.111. The van der Waals surface area contributed by atoms with Crippen LogP contribution >= 0.6 is 0 Å². The SMILES string of the molecule is Cc1nnc(C(Cc2ccccc2)NC(=O)C2CCN(S(C)(=O)=O)CC2)o1. The Bertz CT molecular complexity index is 874. The molecule has 0 spiro atoms. The van der Waals surface area contributed by atoms with Crippen molar-refractivity contribution in [1.82, 2.24) is 19.8 Å². The van der Waals surface area contributed by atoms with E-state index in [0.717, 1.165) is 5.56 Å². The van der Waals surface area contributed by atoms with Crippen molar-refractivity contribution in [1.29, 1.82) is 0 Å². The van der Waals surface area contributed by atoms with Crippen LogP contribution in [0, 0.1) is 12.8 Å². The molecule has 1 amide bonds. The third kappa shape index (κ3) is 5.14. The maximum absolute atomic E-state index is 12.8. The Balaban J connectivity index is 1.68. The van der Waals surface area contributed by atoms with Crippen LogP contribution < -0.4 is 5.32 Å². The molecule has 1 fully saturated rings. The van der Waals surface area contributed by atoms with Crippen LogP contribution in [0.2, 0.25) is 0 Å². The van der Waals surface area contributed by atoms with Gasteiger partial charge in [0.15, 0.2) is 0 Å². The third-order valence-corrected chi connectivity index (χ3v) is 6.04. The monoisotopic (exact) mass is 392 g/mol. The lowest BCUT2D eigenvalue weighted by atomic mass is 9.96. The molecule has 1 N–H and O–H groups in total. The van der Waals surface area contributed by atoms with Gasteiger partial charge in [-0.05, 0) is 18.4 Å². The van der Waals surface area contributed by atoms with Crippen LogP contribution in [-0.4, -0.2) is 48.2 Å². The van der Waals surface area contributed by atoms with Crippen LogP contribution in [0.1, 0.15) is 36.2 Å². The number of hydrogen-bond acceptors (Lipinski definition) is 6. The van der Waals surface area contributed by atoms with Crippen LogP contribution in [0.25, 0.3) is 0 Å². The van der Waals surface area contributed by atoms with Crippen molar-refractivity contribution in [3.63, 3.8) is 0 Å². The average Bonchev–Trinajstić information content (AvgIpc) is 3.08. The van der Waals surface area contributed by atoms with Gasteiger partial charge in [-0.3, -0.25) is 4.79 Å². The van der Waals surface area contributed by atoms with Gasteiger partial charge in [0.05, 0.1) is 6.26 Å². The number of aryl methyl sites for hydroxylation is 1. The van der Waals surface area contributed by atoms with Gasteiger partial charge in [0, 0.05) is 32.4 Å². The summed E-state index contributed by atoms with van der Waals surface area (Å²) in [6.07, 6.45) is 2.73. The van der Waals surface area contributed by atoms with Crippen molar-refractivity contribution in [3.8, 4) is 0 Å². The summed E-state index contributed by atoms with van der Waals surface area (Å²) in [5.41, 5.74) is 1.05. The van der Waals surface area contributed by atoms with Crippen LogP contribution in [0.4, 0.5) is 0 Å². The molecule has 0 saturated carbocycles. The second-order valence-corrected chi connectivity index (χ2v) is 8.83. The Morgan fingerprint density at radius 1 is 1.26 bits per heavy atom. The van der Waals surface area contributed by atoms with Gasteiger partial charge in [0.2, 0.25) is 27.7 Å². The van der Waals surface area contributed by atoms with Gasteiger partial charge in [0.25, 0.3) is 0 Å². The first-order valence-electron chi connectivity index (χ1n) is 8.92. The van der Waals surface area contributed by atoms with Gasteiger partial charge in [-0.2, -0.15) is 0 Å². The van der Waals surface area contributed by atoms with Crippen molar-refractivity contribution in [2.45, 2.75) is 32.2 Å². The Kier molecular flexibility index (Phi) is 5.91. The van der Waals surface area contributed by atoms with E-state index in [9.17, 15) is 13.2 Å². The highest BCUT2D eigenvalue weighted by atomic mass is 32.2. The zero-order chi connectivity index (χ0) is 19.4. The minimum Gasteiger partial charge on any atom is -0.423 e. The van der Waals surface area contributed by atoms with E-state index in [1.165, 1.54) is 10.6 Å². The molecule has 1 unspecified atom stereocenters. The lowest BCUT2D eigenvalue weighted by Crippen LogP contribution is -2.43. The second kappa shape index (κ2) is 8.18. The fraction of sp³-hybridized carbons (Fsp3) is 0.500. The number of aromatic nitrogens is 2. The predicted octanol–water partition coefficient (Wildman–Crippen LogP) is 1.45. The molecular formula is C18H24N4O4S. The molecule has 0 bridgehead atoms. The molecule has 3 rings (SSSR count). The summed E-state index contributed by atoms with van der Waals surface area (Å²) in [5, 5.41) is 10.9. The number of piperidine rings is 1. The highest BCUT2D eigenvalue weighted by molar-refractivity contribution is 7.88. The summed E-state index contributed by atoms with van der Waals surface area (Å²) in [7, 11) is -3.21. The summed E-state index contributed by atoms with van der Waals surface area (Å²) >= 11 is 0. The standard InChI is InChI=1S/C18H24N4O4S/c1-13-20-21-18(26-13)16(12-14-6-4-3-5-7-14)19-17(23)15-8-10-22(11-9-15)27(2,24)25/h3-7,15-16H,8-12H2,1-2H3,(H,19,23). The highest BCUT2D eigenvalue weighted by Crippen LogP contribution is 2.22. The molecule has 146 valence electrons. The summed E-state index contributed by atoms with van der Waals surface area (Å²) in [4.78, 5) is 12.8. The molecule has 2 heterocycles. The molecular weight excluding hydrogens is 368 g/mol. The Labute approximate surface area is 159 Å². The van der Waals surface area contributed by atoms with E-state index < -0.39 is 16.1 Å². The van der Waals surface area contributed by atoms with E-state index in [4.69, 9.17) is 4.42 Å². The molecule has 1 atom stereocenters. The fourth-order valence-electron chi connectivity index (χ4n) is 3.24. The first kappa shape index (κ1) is 19.5. The highest BCUT2D eigenvalue weighted by Gasteiger charge is 2.31. The summed E-state index contributed by atoms with van der Waals surface area (Å²) in [6, 6.07) is 9.35. The number of carbonyl (C=O) groups excluding carboxylic acids is 1. The average molecular weight is 392 g/mol. The van der Waals surface area contributed by atoms with E-state index in [1.54, 1.807) is 6.92 Å². The lowest BCUT2D eigenvalue weighted by molar-refractivity contribution is -0.127. The van der Waals surface area contributed by atoms with Crippen molar-refractivity contribution < 1.29 is 17.6 Å². The van der Waals surface area contributed by atoms with E-state index in [1.807, 2.05) is 30.3 Å². The van der Waals surface area contributed by atoms with Gasteiger partial charge < -0.3 is 9.73 Å². The molecule has 8 nitrogen and oxygen atoms in total. The Hall–Kier alpha value is -2.26. The number of hydrogen-bond donors (Lipinski definition) is 1. The Morgan fingerprint density at radius 2 is 1.93 bits per heavy atom. The smallest absolute Gasteiger partial charge is 0.239 e. The molecule has 1 aromatic carbocycles. The first-order chi connectivity index (χ1) is 12.8. The molecule has 0 radical (unpaired) electrons. The largest absolute Gasteiger partial charge is 0.423 e. The van der Waals surface area contributed by atoms with E-state index in [0.29, 0.717) is 44.1 Å². The number of carbonyl (C=O) groups is 1. The maximum Gasteiger partial charge on any atom is 0.239 e. The van der Waals surface area contributed by atoms with Crippen molar-refractivity contribution in [3.05, 3.63) is 47.7 Å². The normalized spacial score (nSPS) is 17.6. The van der Waals surface area contributed by atoms with E-state index in [2.05, 4.69) is 15.5 Å². The summed E-state index contributed by atoms with van der Waals surface area (Å²) < 4.78 is 30.2. The number of sulfonamides is 1. The molecule has 2 aromatic rings. The van der Waals surface area contributed by atoms with Gasteiger partial charge in [-0.15, -0.1) is 10.2 Å². The lowest BCUT2D eigenvalue weighted by Gasteiger charge is -2.30. The Morgan fingerprint density at radius 3 is 2.48 bits per heavy atom. The predicted molar refractivity (Wildman–Crippen MR) is 99.2 cm³/mol. The molecule has 1 saturated heterocycles. The third-order valence-electron chi connectivity index (χ3n) is 4.73. The fourth-order valence-corrected chi connectivity index (χ4v) is 4.12. The summed E-state index contributed by atoms with van der Waals surface area (Å²) in [5.74, 6) is 0.474. The van der Waals surface area contributed by atoms with Crippen LogP contribution in [-0.2, 0) is 21.2 Å². The second-order valence-electron chi connectivity index (χ2n) is 6.85. The molecule has 9 heteroatoms. The molecule has 27 heavy (non-hydrogen) atoms. The van der Waals surface area contributed by atoms with Gasteiger partial charge >= 0.3 is 0 Å². The van der Waals surface area contributed by atoms with Crippen molar-refractivity contribution >= 4 is 15.9 Å². The van der Waals surface area contributed by atoms with Gasteiger partial charge in [-0.1, -0.05) is 30.3 Å². The topological polar surface area (TPSA) is 105 Å². The zero-order valence-corrected chi connectivity index (χ0v) is 16.3. The van der Waals surface area contributed by atoms with Gasteiger partial charge in [0.1, 0.15) is 6.04 Å². The maximum atomic E-state index is 12.8.